The summed E-state index contributed by atoms with van der Waals surface area (Å²) >= 11 is 0. The minimum atomic E-state index is 0.356. The highest BCUT2D eigenvalue weighted by molar-refractivity contribution is 5.15. The van der Waals surface area contributed by atoms with Gasteiger partial charge in [0.15, 0.2) is 0 Å². The Balaban J connectivity index is 2.02. The Morgan fingerprint density at radius 1 is 1.30 bits per heavy atom. The van der Waals surface area contributed by atoms with Crippen molar-refractivity contribution in [2.24, 2.45) is 11.3 Å². The molecule has 1 aliphatic heterocycles. The Bertz CT molecular complexity index is 421. The van der Waals surface area contributed by atoms with Gasteiger partial charge < -0.3 is 4.90 Å². The predicted molar refractivity (Wildman–Crippen MR) is 87.9 cm³/mol. The fraction of sp³-hybridized carbons (Fsp3) is 0.579. The largest absolute Gasteiger partial charge is 0.303 e. The van der Waals surface area contributed by atoms with Crippen molar-refractivity contribution in [2.45, 2.75) is 45.6 Å². The van der Waals surface area contributed by atoms with Crippen molar-refractivity contribution in [2.75, 3.05) is 13.6 Å². The first-order chi connectivity index (χ1) is 9.54. The molecule has 2 unspecified atom stereocenters. The summed E-state index contributed by atoms with van der Waals surface area (Å²) in [6.45, 7) is 10.1. The van der Waals surface area contributed by atoms with Crippen molar-refractivity contribution < 1.29 is 0 Å². The molecule has 0 saturated carbocycles. The molecule has 1 aromatic carbocycles. The second-order valence-electron chi connectivity index (χ2n) is 6.97. The molecule has 1 fully saturated rings. The lowest BCUT2D eigenvalue weighted by Crippen LogP contribution is -2.42. The van der Waals surface area contributed by atoms with Crippen molar-refractivity contribution in [3.8, 4) is 0 Å². The number of benzene rings is 1. The average Bonchev–Trinajstić information content (AvgIpc) is 2.80. The van der Waals surface area contributed by atoms with Crippen LogP contribution in [-0.2, 0) is 6.42 Å². The van der Waals surface area contributed by atoms with Gasteiger partial charge in [-0.1, -0.05) is 50.3 Å². The lowest BCUT2D eigenvalue weighted by Gasteiger charge is -2.39. The van der Waals surface area contributed by atoms with E-state index in [1.54, 1.807) is 0 Å². The molecule has 1 heteroatoms. The first-order valence-electron chi connectivity index (χ1n) is 7.89. The maximum Gasteiger partial charge on any atom is 0.0175 e. The van der Waals surface area contributed by atoms with Crippen LogP contribution in [0.4, 0.5) is 0 Å². The zero-order chi connectivity index (χ0) is 14.6. The van der Waals surface area contributed by atoms with E-state index in [0.717, 1.165) is 12.3 Å². The van der Waals surface area contributed by atoms with Crippen LogP contribution >= 0.6 is 0 Å². The Morgan fingerprint density at radius 2 is 2.00 bits per heavy atom. The molecule has 1 aromatic rings. The van der Waals surface area contributed by atoms with Gasteiger partial charge in [0, 0.05) is 6.04 Å². The molecule has 1 nitrogen and oxygen atoms in total. The van der Waals surface area contributed by atoms with Crippen molar-refractivity contribution in [1.29, 1.82) is 0 Å². The summed E-state index contributed by atoms with van der Waals surface area (Å²) < 4.78 is 0. The summed E-state index contributed by atoms with van der Waals surface area (Å²) in [7, 11) is 2.29. The topological polar surface area (TPSA) is 3.24 Å². The predicted octanol–water partition coefficient (Wildman–Crippen LogP) is 4.54. The molecule has 110 valence electrons. The van der Waals surface area contributed by atoms with Crippen LogP contribution in [0.3, 0.4) is 0 Å². The smallest absolute Gasteiger partial charge is 0.0175 e. The van der Waals surface area contributed by atoms with E-state index < -0.39 is 0 Å². The van der Waals surface area contributed by atoms with Gasteiger partial charge in [-0.25, -0.2) is 0 Å². The number of hydrogen-bond donors (Lipinski definition) is 0. The molecule has 1 heterocycles. The molecule has 2 rings (SSSR count). The van der Waals surface area contributed by atoms with Gasteiger partial charge in [-0.05, 0) is 56.2 Å². The standard InChI is InChI=1S/C19H29N/c1-5-9-17-13-15-20(4)18(17)19(2,3)14-12-16-10-7-6-8-11-16/h5-8,10-11,17-18H,1,9,12-15H2,2-4H3. The van der Waals surface area contributed by atoms with Crippen LogP contribution < -0.4 is 0 Å². The summed E-state index contributed by atoms with van der Waals surface area (Å²) in [6.07, 6.45) is 7.01. The minimum absolute atomic E-state index is 0.356. The third kappa shape index (κ3) is 3.52. The van der Waals surface area contributed by atoms with E-state index >= 15 is 0 Å². The van der Waals surface area contributed by atoms with Crippen LogP contribution in [0.1, 0.15) is 38.7 Å². The summed E-state index contributed by atoms with van der Waals surface area (Å²) in [5, 5.41) is 0. The van der Waals surface area contributed by atoms with E-state index in [-0.39, 0.29) is 0 Å². The molecular formula is C19H29N. The van der Waals surface area contributed by atoms with Gasteiger partial charge in [0.2, 0.25) is 0 Å². The van der Waals surface area contributed by atoms with Gasteiger partial charge in [-0.3, -0.25) is 0 Å². The summed E-state index contributed by atoms with van der Waals surface area (Å²) in [4.78, 5) is 2.57. The maximum absolute atomic E-state index is 3.94. The van der Waals surface area contributed by atoms with Gasteiger partial charge in [-0.15, -0.1) is 6.58 Å². The number of aryl methyl sites for hydroxylation is 1. The Labute approximate surface area is 124 Å². The van der Waals surface area contributed by atoms with Gasteiger partial charge in [0.25, 0.3) is 0 Å². The number of allylic oxidation sites excluding steroid dienone is 1. The Kier molecular flexibility index (Phi) is 5.04. The second-order valence-corrected chi connectivity index (χ2v) is 6.97. The minimum Gasteiger partial charge on any atom is -0.303 e. The number of rotatable bonds is 6. The van der Waals surface area contributed by atoms with Crippen molar-refractivity contribution in [1.82, 2.24) is 4.90 Å². The first kappa shape index (κ1) is 15.3. The molecule has 0 spiro atoms. The molecule has 20 heavy (non-hydrogen) atoms. The number of nitrogens with zero attached hydrogens (tertiary/aromatic N) is 1. The Morgan fingerprint density at radius 3 is 2.65 bits per heavy atom. The molecule has 0 radical (unpaired) electrons. The van der Waals surface area contributed by atoms with E-state index in [1.807, 2.05) is 0 Å². The molecule has 2 atom stereocenters. The highest BCUT2D eigenvalue weighted by Gasteiger charge is 2.41. The van der Waals surface area contributed by atoms with Crippen LogP contribution in [0.15, 0.2) is 43.0 Å². The molecule has 0 aliphatic carbocycles. The van der Waals surface area contributed by atoms with E-state index in [2.05, 4.69) is 68.8 Å². The van der Waals surface area contributed by atoms with Crippen LogP contribution in [0.25, 0.3) is 0 Å². The van der Waals surface area contributed by atoms with Crippen molar-refractivity contribution in [3.63, 3.8) is 0 Å². The zero-order valence-electron chi connectivity index (χ0n) is 13.3. The summed E-state index contributed by atoms with van der Waals surface area (Å²) in [5.41, 5.74) is 1.82. The number of likely N-dealkylation sites (tertiary alicyclic amines) is 1. The van der Waals surface area contributed by atoms with Crippen LogP contribution in [-0.4, -0.2) is 24.5 Å². The summed E-state index contributed by atoms with van der Waals surface area (Å²) in [6, 6.07) is 11.6. The SMILES string of the molecule is C=CCC1CCN(C)C1C(C)(C)CCc1ccccc1. The molecule has 1 aliphatic rings. The fourth-order valence-corrected chi connectivity index (χ4v) is 3.98. The molecule has 0 aromatic heterocycles. The lowest BCUT2D eigenvalue weighted by atomic mass is 9.73. The molecule has 0 N–H and O–H groups in total. The quantitative estimate of drug-likeness (QED) is 0.686. The van der Waals surface area contributed by atoms with E-state index in [4.69, 9.17) is 0 Å². The van der Waals surface area contributed by atoms with Gasteiger partial charge in [0.05, 0.1) is 0 Å². The van der Waals surface area contributed by atoms with Crippen molar-refractivity contribution >= 4 is 0 Å². The zero-order valence-corrected chi connectivity index (χ0v) is 13.3. The third-order valence-corrected chi connectivity index (χ3v) is 4.94. The molecule has 0 amide bonds. The van der Waals surface area contributed by atoms with Gasteiger partial charge in [0.1, 0.15) is 0 Å². The van der Waals surface area contributed by atoms with E-state index in [9.17, 15) is 0 Å². The number of hydrogen-bond acceptors (Lipinski definition) is 1. The average molecular weight is 271 g/mol. The van der Waals surface area contributed by atoms with Crippen LogP contribution in [0, 0.1) is 11.3 Å². The first-order valence-corrected chi connectivity index (χ1v) is 7.89. The highest BCUT2D eigenvalue weighted by atomic mass is 15.2. The third-order valence-electron chi connectivity index (χ3n) is 4.94. The fourth-order valence-electron chi connectivity index (χ4n) is 3.98. The monoisotopic (exact) mass is 271 g/mol. The lowest BCUT2D eigenvalue weighted by molar-refractivity contribution is 0.110. The van der Waals surface area contributed by atoms with Crippen LogP contribution in [0.2, 0.25) is 0 Å². The maximum atomic E-state index is 3.94. The van der Waals surface area contributed by atoms with E-state index in [0.29, 0.717) is 11.5 Å². The van der Waals surface area contributed by atoms with Crippen molar-refractivity contribution in [3.05, 3.63) is 48.6 Å². The summed E-state index contributed by atoms with van der Waals surface area (Å²) in [5.74, 6) is 0.781. The van der Waals surface area contributed by atoms with Gasteiger partial charge >= 0.3 is 0 Å². The molecule has 0 bridgehead atoms. The van der Waals surface area contributed by atoms with Gasteiger partial charge in [-0.2, -0.15) is 0 Å². The normalized spacial score (nSPS) is 23.9. The Hall–Kier alpha value is -1.08. The highest BCUT2D eigenvalue weighted by Crippen LogP contribution is 2.40. The molecule has 1 saturated heterocycles. The van der Waals surface area contributed by atoms with Crippen LogP contribution in [0.5, 0.6) is 0 Å². The van der Waals surface area contributed by atoms with E-state index in [1.165, 1.54) is 31.4 Å². The molecular weight excluding hydrogens is 242 g/mol. The second kappa shape index (κ2) is 6.58.